The molecule has 0 aliphatic carbocycles. The molecule has 0 atom stereocenters. The molecule has 0 radical (unpaired) electrons. The molecule has 5 rings (SSSR count). The molecule has 1 N–H and O–H groups in total. The first-order valence-corrected chi connectivity index (χ1v) is 10.5. The maximum absolute atomic E-state index is 12.3. The Hall–Kier alpha value is -3.83. The van der Waals surface area contributed by atoms with Crippen LogP contribution in [-0.4, -0.2) is 17.5 Å². The zero-order valence-electron chi connectivity index (χ0n) is 17.3. The van der Waals surface area contributed by atoms with Crippen molar-refractivity contribution < 1.29 is 13.9 Å². The number of hydrogen-bond donors (Lipinski definition) is 1. The van der Waals surface area contributed by atoms with Gasteiger partial charge in [0.15, 0.2) is 12.2 Å². The SMILES string of the molecule is Cc1ccccc1OCC(=O)Nc1ccc2oc(-c3cccc4c(Cl)cccc34)nc2c1. The van der Waals surface area contributed by atoms with E-state index in [1.165, 1.54) is 0 Å². The number of oxazole rings is 1. The predicted molar refractivity (Wildman–Crippen MR) is 127 cm³/mol. The minimum absolute atomic E-state index is 0.0796. The van der Waals surface area contributed by atoms with Crippen LogP contribution < -0.4 is 10.1 Å². The number of para-hydroxylation sites is 1. The predicted octanol–water partition coefficient (Wildman–Crippen LogP) is 6.63. The van der Waals surface area contributed by atoms with Gasteiger partial charge >= 0.3 is 0 Å². The van der Waals surface area contributed by atoms with Crippen LogP contribution in [0.2, 0.25) is 5.02 Å². The van der Waals surface area contributed by atoms with Crippen LogP contribution in [0.25, 0.3) is 33.3 Å². The first kappa shape index (κ1) is 20.1. The highest BCUT2D eigenvalue weighted by atomic mass is 35.5. The number of nitrogens with zero attached hydrogens (tertiary/aromatic N) is 1. The number of amides is 1. The highest BCUT2D eigenvalue weighted by Crippen LogP contribution is 2.34. The second-order valence-electron chi connectivity index (χ2n) is 7.44. The summed E-state index contributed by atoms with van der Waals surface area (Å²) in [6.07, 6.45) is 0. The lowest BCUT2D eigenvalue weighted by molar-refractivity contribution is -0.118. The lowest BCUT2D eigenvalue weighted by Crippen LogP contribution is -2.20. The number of carbonyl (C=O) groups is 1. The van der Waals surface area contributed by atoms with Crippen molar-refractivity contribution in [3.05, 3.63) is 89.4 Å². The third kappa shape index (κ3) is 3.90. The van der Waals surface area contributed by atoms with Gasteiger partial charge < -0.3 is 14.5 Å². The summed E-state index contributed by atoms with van der Waals surface area (Å²) in [5, 5.41) is 5.43. The van der Waals surface area contributed by atoms with Crippen molar-refractivity contribution in [3.8, 4) is 17.2 Å². The van der Waals surface area contributed by atoms with Crippen LogP contribution in [0.15, 0.2) is 83.3 Å². The highest BCUT2D eigenvalue weighted by Gasteiger charge is 2.13. The van der Waals surface area contributed by atoms with Crippen LogP contribution in [0.4, 0.5) is 5.69 Å². The van der Waals surface area contributed by atoms with Gasteiger partial charge in [0.2, 0.25) is 5.89 Å². The molecule has 32 heavy (non-hydrogen) atoms. The highest BCUT2D eigenvalue weighted by molar-refractivity contribution is 6.35. The number of hydrogen-bond acceptors (Lipinski definition) is 4. The molecule has 1 heterocycles. The van der Waals surface area contributed by atoms with Crippen LogP contribution in [-0.2, 0) is 4.79 Å². The number of aryl methyl sites for hydroxylation is 1. The Kier molecular flexibility index (Phi) is 5.25. The van der Waals surface area contributed by atoms with Gasteiger partial charge in [0.25, 0.3) is 5.91 Å². The third-order valence-corrected chi connectivity index (χ3v) is 5.55. The number of rotatable bonds is 5. The molecule has 0 unspecified atom stereocenters. The van der Waals surface area contributed by atoms with Crippen LogP contribution >= 0.6 is 11.6 Å². The Morgan fingerprint density at radius 2 is 1.81 bits per heavy atom. The summed E-state index contributed by atoms with van der Waals surface area (Å²) in [5.74, 6) is 0.939. The largest absolute Gasteiger partial charge is 0.483 e. The fraction of sp³-hybridized carbons (Fsp3) is 0.0769. The fourth-order valence-electron chi connectivity index (χ4n) is 3.64. The van der Waals surface area contributed by atoms with E-state index in [0.717, 1.165) is 21.9 Å². The first-order chi connectivity index (χ1) is 15.6. The molecule has 1 aromatic heterocycles. The van der Waals surface area contributed by atoms with E-state index in [0.29, 0.717) is 33.4 Å². The summed E-state index contributed by atoms with van der Waals surface area (Å²) < 4.78 is 11.6. The number of benzene rings is 4. The van der Waals surface area contributed by atoms with E-state index in [-0.39, 0.29) is 12.5 Å². The third-order valence-electron chi connectivity index (χ3n) is 5.22. The number of ether oxygens (including phenoxy) is 1. The van der Waals surface area contributed by atoms with Gasteiger partial charge in [-0.25, -0.2) is 4.98 Å². The Bertz CT molecular complexity index is 1460. The van der Waals surface area contributed by atoms with Crippen molar-refractivity contribution in [3.63, 3.8) is 0 Å². The first-order valence-electron chi connectivity index (χ1n) is 10.1. The maximum atomic E-state index is 12.3. The Morgan fingerprint density at radius 3 is 2.69 bits per heavy atom. The smallest absolute Gasteiger partial charge is 0.262 e. The molecule has 5 nitrogen and oxygen atoms in total. The molecule has 0 saturated carbocycles. The minimum atomic E-state index is -0.250. The molecule has 6 heteroatoms. The second kappa shape index (κ2) is 8.36. The van der Waals surface area contributed by atoms with Crippen molar-refractivity contribution in [2.45, 2.75) is 6.92 Å². The van der Waals surface area contributed by atoms with Gasteiger partial charge in [0, 0.05) is 21.7 Å². The number of halogens is 1. The lowest BCUT2D eigenvalue weighted by atomic mass is 10.0. The van der Waals surface area contributed by atoms with E-state index < -0.39 is 0 Å². The van der Waals surface area contributed by atoms with E-state index >= 15 is 0 Å². The second-order valence-corrected chi connectivity index (χ2v) is 7.85. The molecule has 158 valence electrons. The van der Waals surface area contributed by atoms with Gasteiger partial charge in [-0.3, -0.25) is 4.79 Å². The molecule has 4 aromatic carbocycles. The van der Waals surface area contributed by atoms with Crippen molar-refractivity contribution in [1.82, 2.24) is 4.98 Å². The average molecular weight is 443 g/mol. The Morgan fingerprint density at radius 1 is 1.00 bits per heavy atom. The van der Waals surface area contributed by atoms with Gasteiger partial charge in [-0.1, -0.05) is 54.1 Å². The number of fused-ring (bicyclic) bond motifs is 2. The van der Waals surface area contributed by atoms with Crippen LogP contribution in [0.1, 0.15) is 5.56 Å². The van der Waals surface area contributed by atoms with E-state index in [2.05, 4.69) is 10.3 Å². The number of carbonyl (C=O) groups excluding carboxylic acids is 1. The molecule has 1 amide bonds. The summed E-state index contributed by atoms with van der Waals surface area (Å²) in [6.45, 7) is 1.86. The zero-order chi connectivity index (χ0) is 22.1. The summed E-state index contributed by atoms with van der Waals surface area (Å²) >= 11 is 6.34. The maximum Gasteiger partial charge on any atom is 0.262 e. The standard InChI is InChI=1S/C26H19ClN2O3/c1-16-6-2-3-11-23(16)31-15-25(30)28-17-12-13-24-22(14-17)29-26(32-24)20-9-4-8-19-18(20)7-5-10-21(19)27/h2-14H,15H2,1H3,(H,28,30). The molecule has 0 spiro atoms. The van der Waals surface area contributed by atoms with Crippen molar-refractivity contribution in [1.29, 1.82) is 0 Å². The average Bonchev–Trinajstić information content (AvgIpc) is 3.22. The van der Waals surface area contributed by atoms with E-state index in [9.17, 15) is 4.79 Å². The van der Waals surface area contributed by atoms with Gasteiger partial charge in [-0.15, -0.1) is 0 Å². The van der Waals surface area contributed by atoms with Crippen LogP contribution in [0.5, 0.6) is 5.75 Å². The normalized spacial score (nSPS) is 11.1. The Balaban J connectivity index is 1.37. The molecule has 0 bridgehead atoms. The van der Waals surface area contributed by atoms with Gasteiger partial charge in [-0.05, 0) is 54.3 Å². The summed E-state index contributed by atoms with van der Waals surface area (Å²) in [6, 6.07) is 24.5. The van der Waals surface area contributed by atoms with Crippen LogP contribution in [0, 0.1) is 6.92 Å². The van der Waals surface area contributed by atoms with Crippen molar-refractivity contribution >= 4 is 45.1 Å². The summed E-state index contributed by atoms with van der Waals surface area (Å²) in [4.78, 5) is 17.0. The fourth-order valence-corrected chi connectivity index (χ4v) is 3.87. The molecule has 0 aliphatic heterocycles. The lowest BCUT2D eigenvalue weighted by Gasteiger charge is -2.09. The molecule has 5 aromatic rings. The van der Waals surface area contributed by atoms with Crippen molar-refractivity contribution in [2.24, 2.45) is 0 Å². The Labute approximate surface area is 189 Å². The van der Waals surface area contributed by atoms with E-state index in [1.54, 1.807) is 18.2 Å². The molecule has 0 fully saturated rings. The number of anilines is 1. The summed E-state index contributed by atoms with van der Waals surface area (Å²) in [5.41, 5.74) is 3.74. The number of aromatic nitrogens is 1. The van der Waals surface area contributed by atoms with Crippen molar-refractivity contribution in [2.75, 3.05) is 11.9 Å². The molecule has 0 aliphatic rings. The van der Waals surface area contributed by atoms with Gasteiger partial charge in [0.1, 0.15) is 11.3 Å². The number of nitrogens with one attached hydrogen (secondary N) is 1. The zero-order valence-corrected chi connectivity index (χ0v) is 18.0. The van der Waals surface area contributed by atoms with Crippen LogP contribution in [0.3, 0.4) is 0 Å². The minimum Gasteiger partial charge on any atom is -0.483 e. The quantitative estimate of drug-likeness (QED) is 0.332. The molecule has 0 saturated heterocycles. The molecular weight excluding hydrogens is 424 g/mol. The van der Waals surface area contributed by atoms with E-state index in [4.69, 9.17) is 20.8 Å². The van der Waals surface area contributed by atoms with Gasteiger partial charge in [0.05, 0.1) is 0 Å². The molecular formula is C26H19ClN2O3. The van der Waals surface area contributed by atoms with E-state index in [1.807, 2.05) is 67.6 Å². The topological polar surface area (TPSA) is 64.4 Å². The monoisotopic (exact) mass is 442 g/mol. The summed E-state index contributed by atoms with van der Waals surface area (Å²) in [7, 11) is 0. The van der Waals surface area contributed by atoms with Gasteiger partial charge in [-0.2, -0.15) is 0 Å².